The van der Waals surface area contributed by atoms with Crippen LogP contribution in [0.4, 0.5) is 0 Å². The molecular formula is C22H27ClN2OS. The van der Waals surface area contributed by atoms with E-state index in [1.807, 2.05) is 24.3 Å². The van der Waals surface area contributed by atoms with Crippen molar-refractivity contribution < 1.29 is 4.79 Å². The maximum Gasteiger partial charge on any atom is 0.220 e. The first-order valence-electron chi connectivity index (χ1n) is 9.64. The standard InChI is InChI=1S/C22H27ClN2OS/c23-20-9-11-21(12-10-20)27-15-3-4-22(26)24-16-18-5-7-19(8-6-18)17-25-13-1-2-14-25/h5-12H,1-4,13-17H2,(H,24,26). The Bertz CT molecular complexity index is 712. The Labute approximate surface area is 171 Å². The van der Waals surface area contributed by atoms with Crippen LogP contribution >= 0.6 is 23.4 Å². The molecule has 2 aromatic carbocycles. The normalized spacial score (nSPS) is 14.4. The van der Waals surface area contributed by atoms with Gasteiger partial charge in [0.15, 0.2) is 0 Å². The monoisotopic (exact) mass is 402 g/mol. The lowest BCUT2D eigenvalue weighted by atomic mass is 10.1. The van der Waals surface area contributed by atoms with Gasteiger partial charge in [0.1, 0.15) is 0 Å². The van der Waals surface area contributed by atoms with Gasteiger partial charge in [0.25, 0.3) is 0 Å². The summed E-state index contributed by atoms with van der Waals surface area (Å²) in [5.74, 6) is 1.05. The highest BCUT2D eigenvalue weighted by Gasteiger charge is 2.11. The van der Waals surface area contributed by atoms with Crippen LogP contribution in [-0.4, -0.2) is 29.6 Å². The Morgan fingerprint density at radius 2 is 1.67 bits per heavy atom. The van der Waals surface area contributed by atoms with Gasteiger partial charge in [-0.3, -0.25) is 9.69 Å². The summed E-state index contributed by atoms with van der Waals surface area (Å²) < 4.78 is 0. The number of halogens is 1. The van der Waals surface area contributed by atoms with Crippen LogP contribution in [0.25, 0.3) is 0 Å². The average molecular weight is 403 g/mol. The summed E-state index contributed by atoms with van der Waals surface area (Å²) in [5.41, 5.74) is 2.51. The van der Waals surface area contributed by atoms with Crippen LogP contribution < -0.4 is 5.32 Å². The van der Waals surface area contributed by atoms with Gasteiger partial charge in [-0.1, -0.05) is 35.9 Å². The van der Waals surface area contributed by atoms with Crippen LogP contribution in [0, 0.1) is 0 Å². The molecule has 0 aliphatic carbocycles. The maximum atomic E-state index is 12.0. The number of carbonyl (C=O) groups excluding carboxylic acids is 1. The van der Waals surface area contributed by atoms with Gasteiger partial charge in [0, 0.05) is 29.4 Å². The molecule has 0 aromatic heterocycles. The quantitative estimate of drug-likeness (QED) is 0.466. The fourth-order valence-corrected chi connectivity index (χ4v) is 4.18. The predicted molar refractivity (Wildman–Crippen MR) is 114 cm³/mol. The largest absolute Gasteiger partial charge is 0.352 e. The van der Waals surface area contributed by atoms with Gasteiger partial charge in [0.2, 0.25) is 5.91 Å². The van der Waals surface area contributed by atoms with Gasteiger partial charge in [-0.05, 0) is 73.5 Å². The Morgan fingerprint density at radius 3 is 2.37 bits per heavy atom. The molecular weight excluding hydrogens is 376 g/mol. The van der Waals surface area contributed by atoms with Crippen LogP contribution in [0.3, 0.4) is 0 Å². The Kier molecular flexibility index (Phi) is 8.06. The van der Waals surface area contributed by atoms with E-state index in [9.17, 15) is 4.79 Å². The molecule has 0 saturated carbocycles. The number of hydrogen-bond donors (Lipinski definition) is 1. The highest BCUT2D eigenvalue weighted by Crippen LogP contribution is 2.21. The third-order valence-electron chi connectivity index (χ3n) is 4.75. The van der Waals surface area contributed by atoms with Gasteiger partial charge < -0.3 is 5.32 Å². The first kappa shape index (κ1) is 20.2. The SMILES string of the molecule is O=C(CCCSc1ccc(Cl)cc1)NCc1ccc(CN2CCCC2)cc1. The molecule has 144 valence electrons. The highest BCUT2D eigenvalue weighted by atomic mass is 35.5. The van der Waals surface area contributed by atoms with Crippen molar-refractivity contribution in [2.24, 2.45) is 0 Å². The molecule has 3 nitrogen and oxygen atoms in total. The number of carbonyl (C=O) groups is 1. The summed E-state index contributed by atoms with van der Waals surface area (Å²) in [5, 5.41) is 3.77. The number of rotatable bonds is 9. The van der Waals surface area contributed by atoms with Crippen LogP contribution in [0.15, 0.2) is 53.4 Å². The van der Waals surface area contributed by atoms with E-state index in [0.717, 1.165) is 29.3 Å². The summed E-state index contributed by atoms with van der Waals surface area (Å²) in [6.45, 7) is 4.08. The van der Waals surface area contributed by atoms with Crippen molar-refractivity contribution in [3.63, 3.8) is 0 Å². The number of thioether (sulfide) groups is 1. The summed E-state index contributed by atoms with van der Waals surface area (Å²) in [4.78, 5) is 15.7. The lowest BCUT2D eigenvalue weighted by molar-refractivity contribution is -0.121. The maximum absolute atomic E-state index is 12.0. The molecule has 0 atom stereocenters. The molecule has 0 bridgehead atoms. The summed E-state index contributed by atoms with van der Waals surface area (Å²) in [6.07, 6.45) is 4.08. The zero-order valence-electron chi connectivity index (χ0n) is 15.6. The van der Waals surface area contributed by atoms with E-state index in [4.69, 9.17) is 11.6 Å². The third kappa shape index (κ3) is 7.21. The van der Waals surface area contributed by atoms with E-state index in [-0.39, 0.29) is 5.91 Å². The molecule has 27 heavy (non-hydrogen) atoms. The average Bonchev–Trinajstić information content (AvgIpc) is 3.19. The molecule has 2 aromatic rings. The second kappa shape index (κ2) is 10.7. The molecule has 0 radical (unpaired) electrons. The van der Waals surface area contributed by atoms with Crippen molar-refractivity contribution >= 4 is 29.3 Å². The minimum atomic E-state index is 0.118. The van der Waals surface area contributed by atoms with Gasteiger partial charge in [0.05, 0.1) is 0 Å². The molecule has 3 rings (SSSR count). The van der Waals surface area contributed by atoms with Crippen molar-refractivity contribution in [3.05, 3.63) is 64.7 Å². The van der Waals surface area contributed by atoms with Crippen LogP contribution in [0.2, 0.25) is 5.02 Å². The fraction of sp³-hybridized carbons (Fsp3) is 0.409. The first-order valence-corrected chi connectivity index (χ1v) is 11.0. The smallest absolute Gasteiger partial charge is 0.220 e. The highest BCUT2D eigenvalue weighted by molar-refractivity contribution is 7.99. The minimum absolute atomic E-state index is 0.118. The van der Waals surface area contributed by atoms with E-state index >= 15 is 0 Å². The number of amides is 1. The molecule has 1 heterocycles. The molecule has 1 amide bonds. The molecule has 0 spiro atoms. The van der Waals surface area contributed by atoms with Gasteiger partial charge >= 0.3 is 0 Å². The second-order valence-electron chi connectivity index (χ2n) is 6.98. The molecule has 1 fully saturated rings. The van der Waals surface area contributed by atoms with Crippen molar-refractivity contribution in [2.45, 2.75) is 43.7 Å². The molecule has 1 saturated heterocycles. The number of nitrogens with zero attached hydrogens (tertiary/aromatic N) is 1. The zero-order valence-corrected chi connectivity index (χ0v) is 17.2. The van der Waals surface area contributed by atoms with E-state index < -0.39 is 0 Å². The Morgan fingerprint density at radius 1 is 1.00 bits per heavy atom. The van der Waals surface area contributed by atoms with Crippen molar-refractivity contribution in [1.82, 2.24) is 10.2 Å². The number of hydrogen-bond acceptors (Lipinski definition) is 3. The van der Waals surface area contributed by atoms with E-state index in [2.05, 4.69) is 34.5 Å². The topological polar surface area (TPSA) is 32.3 Å². The molecule has 0 unspecified atom stereocenters. The minimum Gasteiger partial charge on any atom is -0.352 e. The summed E-state index contributed by atoms with van der Waals surface area (Å²) in [6, 6.07) is 16.4. The van der Waals surface area contributed by atoms with Gasteiger partial charge in [-0.2, -0.15) is 0 Å². The van der Waals surface area contributed by atoms with Crippen LogP contribution in [-0.2, 0) is 17.9 Å². The number of nitrogens with one attached hydrogen (secondary N) is 1. The Balaban J connectivity index is 1.30. The van der Waals surface area contributed by atoms with Crippen LogP contribution in [0.1, 0.15) is 36.8 Å². The second-order valence-corrected chi connectivity index (χ2v) is 8.59. The zero-order chi connectivity index (χ0) is 18.9. The number of benzene rings is 2. The lowest BCUT2D eigenvalue weighted by Crippen LogP contribution is -2.22. The first-order chi connectivity index (χ1) is 13.2. The van der Waals surface area contributed by atoms with Crippen LogP contribution in [0.5, 0.6) is 0 Å². The predicted octanol–water partition coefficient (Wildman–Crippen LogP) is 5.12. The summed E-state index contributed by atoms with van der Waals surface area (Å²) in [7, 11) is 0. The summed E-state index contributed by atoms with van der Waals surface area (Å²) >= 11 is 7.64. The van der Waals surface area contributed by atoms with E-state index in [1.165, 1.54) is 36.4 Å². The molecule has 1 aliphatic rings. The fourth-order valence-electron chi connectivity index (χ4n) is 3.20. The Hall–Kier alpha value is -1.49. The van der Waals surface area contributed by atoms with Gasteiger partial charge in [-0.25, -0.2) is 0 Å². The molecule has 1 N–H and O–H groups in total. The lowest BCUT2D eigenvalue weighted by Gasteiger charge is -2.14. The van der Waals surface area contributed by atoms with E-state index in [0.29, 0.717) is 13.0 Å². The number of likely N-dealkylation sites (tertiary alicyclic amines) is 1. The third-order valence-corrected chi connectivity index (χ3v) is 6.10. The van der Waals surface area contributed by atoms with Gasteiger partial charge in [-0.15, -0.1) is 11.8 Å². The van der Waals surface area contributed by atoms with Crippen molar-refractivity contribution in [3.8, 4) is 0 Å². The molecule has 1 aliphatic heterocycles. The van der Waals surface area contributed by atoms with E-state index in [1.54, 1.807) is 11.8 Å². The van der Waals surface area contributed by atoms with Crippen molar-refractivity contribution in [2.75, 3.05) is 18.8 Å². The molecule has 5 heteroatoms. The van der Waals surface area contributed by atoms with Crippen molar-refractivity contribution in [1.29, 1.82) is 0 Å².